The molecule has 0 radical (unpaired) electrons. The Morgan fingerprint density at radius 3 is 2.94 bits per heavy atom. The molecule has 2 rings (SSSR count). The maximum Gasteiger partial charge on any atom is 0.0898 e. The van der Waals surface area contributed by atoms with E-state index in [0.717, 1.165) is 23.7 Å². The third-order valence-electron chi connectivity index (χ3n) is 2.55. The Morgan fingerprint density at radius 2 is 2.35 bits per heavy atom. The van der Waals surface area contributed by atoms with E-state index in [1.54, 1.807) is 17.5 Å². The van der Waals surface area contributed by atoms with Crippen LogP contribution in [0.5, 0.6) is 0 Å². The van der Waals surface area contributed by atoms with Gasteiger partial charge >= 0.3 is 0 Å². The average molecular weight is 247 g/mol. The molecule has 1 N–H and O–H groups in total. The van der Waals surface area contributed by atoms with Crippen LogP contribution in [-0.4, -0.2) is 16.5 Å². The second kappa shape index (κ2) is 5.89. The second-order valence-electron chi connectivity index (χ2n) is 3.96. The summed E-state index contributed by atoms with van der Waals surface area (Å²) >= 11 is 1.69. The van der Waals surface area contributed by atoms with Crippen molar-refractivity contribution in [2.75, 3.05) is 6.54 Å². The fourth-order valence-corrected chi connectivity index (χ4v) is 2.38. The summed E-state index contributed by atoms with van der Waals surface area (Å²) in [6.07, 6.45) is 4.81. The van der Waals surface area contributed by atoms with E-state index in [9.17, 15) is 0 Å². The second-order valence-corrected chi connectivity index (χ2v) is 5.03. The van der Waals surface area contributed by atoms with Crippen LogP contribution in [0.3, 0.4) is 0 Å². The molecule has 0 aliphatic heterocycles. The zero-order valence-electron chi connectivity index (χ0n) is 10.2. The summed E-state index contributed by atoms with van der Waals surface area (Å²) in [4.78, 5) is 8.75. The fourth-order valence-electron chi connectivity index (χ4n) is 1.74. The number of nitrogens with zero attached hydrogens (tertiary/aromatic N) is 2. The van der Waals surface area contributed by atoms with E-state index in [4.69, 9.17) is 0 Å². The highest BCUT2D eigenvalue weighted by atomic mass is 32.1. The van der Waals surface area contributed by atoms with Crippen LogP contribution in [0, 0.1) is 6.92 Å². The fraction of sp³-hybridized carbons (Fsp3) is 0.385. The third kappa shape index (κ3) is 3.11. The first-order chi connectivity index (χ1) is 8.31. The van der Waals surface area contributed by atoms with E-state index < -0.39 is 0 Å². The van der Waals surface area contributed by atoms with Gasteiger partial charge in [0.1, 0.15) is 0 Å². The molecule has 1 unspecified atom stereocenters. The van der Waals surface area contributed by atoms with Crippen LogP contribution >= 0.6 is 11.3 Å². The summed E-state index contributed by atoms with van der Waals surface area (Å²) in [5.41, 5.74) is 2.26. The Kier molecular flexibility index (Phi) is 4.23. The molecule has 2 aromatic heterocycles. The van der Waals surface area contributed by atoms with Gasteiger partial charge in [0.2, 0.25) is 0 Å². The molecule has 0 amide bonds. The minimum Gasteiger partial charge on any atom is -0.305 e. The van der Waals surface area contributed by atoms with E-state index in [2.05, 4.69) is 33.7 Å². The number of aryl methyl sites for hydroxylation is 1. The minimum absolute atomic E-state index is 0.161. The Morgan fingerprint density at radius 1 is 1.47 bits per heavy atom. The number of hydrogen-bond acceptors (Lipinski definition) is 4. The van der Waals surface area contributed by atoms with Crippen LogP contribution in [0.15, 0.2) is 29.9 Å². The molecule has 0 bridgehead atoms. The predicted octanol–water partition coefficient (Wildman–Crippen LogP) is 2.94. The summed E-state index contributed by atoms with van der Waals surface area (Å²) in [6, 6.07) is 4.22. The molecule has 0 saturated carbocycles. The Labute approximate surface area is 106 Å². The van der Waals surface area contributed by atoms with E-state index in [1.807, 2.05) is 19.2 Å². The van der Waals surface area contributed by atoms with Gasteiger partial charge in [-0.05, 0) is 31.5 Å². The average Bonchev–Trinajstić information content (AvgIpc) is 2.78. The number of nitrogens with one attached hydrogen (secondary N) is 1. The predicted molar refractivity (Wildman–Crippen MR) is 71.2 cm³/mol. The van der Waals surface area contributed by atoms with Gasteiger partial charge in [-0.3, -0.25) is 4.98 Å². The Hall–Kier alpha value is -1.26. The van der Waals surface area contributed by atoms with Crippen molar-refractivity contribution in [3.63, 3.8) is 0 Å². The van der Waals surface area contributed by atoms with E-state index in [0.29, 0.717) is 0 Å². The van der Waals surface area contributed by atoms with Crippen molar-refractivity contribution in [2.24, 2.45) is 0 Å². The lowest BCUT2D eigenvalue weighted by atomic mass is 10.1. The quantitative estimate of drug-likeness (QED) is 0.882. The summed E-state index contributed by atoms with van der Waals surface area (Å²) in [5, 5.41) is 6.74. The smallest absolute Gasteiger partial charge is 0.0898 e. The highest BCUT2D eigenvalue weighted by molar-refractivity contribution is 7.09. The molecule has 0 saturated heterocycles. The SMILES string of the molecule is CCCNC(c1cccnc1)c1csc(C)n1. The lowest BCUT2D eigenvalue weighted by Gasteiger charge is -2.16. The zero-order chi connectivity index (χ0) is 12.1. The van der Waals surface area contributed by atoms with E-state index >= 15 is 0 Å². The zero-order valence-corrected chi connectivity index (χ0v) is 11.0. The maximum atomic E-state index is 4.57. The molecule has 0 aliphatic carbocycles. The molecule has 2 heterocycles. The summed E-state index contributed by atoms with van der Waals surface area (Å²) in [5.74, 6) is 0. The molecule has 2 aromatic rings. The summed E-state index contributed by atoms with van der Waals surface area (Å²) in [7, 11) is 0. The number of pyridine rings is 1. The molecule has 1 atom stereocenters. The Bertz CT molecular complexity index is 453. The van der Waals surface area contributed by atoms with Crippen LogP contribution in [0.1, 0.15) is 35.7 Å². The van der Waals surface area contributed by atoms with Crippen molar-refractivity contribution in [3.05, 3.63) is 46.2 Å². The van der Waals surface area contributed by atoms with Gasteiger partial charge in [0.15, 0.2) is 0 Å². The molecule has 0 spiro atoms. The van der Waals surface area contributed by atoms with E-state index in [1.165, 1.54) is 5.56 Å². The monoisotopic (exact) mass is 247 g/mol. The number of rotatable bonds is 5. The van der Waals surface area contributed by atoms with Gasteiger partial charge in [-0.15, -0.1) is 11.3 Å². The molecule has 17 heavy (non-hydrogen) atoms. The molecular formula is C13H17N3S. The van der Waals surface area contributed by atoms with Crippen LogP contribution in [0.2, 0.25) is 0 Å². The van der Waals surface area contributed by atoms with Gasteiger partial charge in [-0.2, -0.15) is 0 Å². The van der Waals surface area contributed by atoms with Crippen LogP contribution in [0.4, 0.5) is 0 Å². The van der Waals surface area contributed by atoms with Gasteiger partial charge in [0.25, 0.3) is 0 Å². The third-order valence-corrected chi connectivity index (χ3v) is 3.34. The standard InChI is InChI=1S/C13H17N3S/c1-3-6-15-13(11-5-4-7-14-8-11)12-9-17-10(2)16-12/h4-5,7-9,13,15H,3,6H2,1-2H3. The van der Waals surface area contributed by atoms with Crippen molar-refractivity contribution in [1.82, 2.24) is 15.3 Å². The summed E-state index contributed by atoms with van der Waals surface area (Å²) in [6.45, 7) is 5.18. The lowest BCUT2D eigenvalue weighted by Crippen LogP contribution is -2.23. The van der Waals surface area contributed by atoms with Crippen molar-refractivity contribution in [2.45, 2.75) is 26.3 Å². The lowest BCUT2D eigenvalue weighted by molar-refractivity contribution is 0.587. The van der Waals surface area contributed by atoms with Crippen molar-refractivity contribution in [1.29, 1.82) is 0 Å². The molecule has 0 aliphatic rings. The normalized spacial score (nSPS) is 12.6. The summed E-state index contributed by atoms with van der Waals surface area (Å²) < 4.78 is 0. The first-order valence-corrected chi connectivity index (χ1v) is 6.74. The number of hydrogen-bond donors (Lipinski definition) is 1. The molecule has 4 heteroatoms. The highest BCUT2D eigenvalue weighted by Crippen LogP contribution is 2.22. The maximum absolute atomic E-state index is 4.57. The molecule has 90 valence electrons. The van der Waals surface area contributed by atoms with Crippen molar-refractivity contribution >= 4 is 11.3 Å². The molecule has 3 nitrogen and oxygen atoms in total. The van der Waals surface area contributed by atoms with E-state index in [-0.39, 0.29) is 6.04 Å². The number of aromatic nitrogens is 2. The van der Waals surface area contributed by atoms with Gasteiger partial charge in [-0.1, -0.05) is 13.0 Å². The first-order valence-electron chi connectivity index (χ1n) is 5.86. The number of thiazole rings is 1. The van der Waals surface area contributed by atoms with Gasteiger partial charge in [-0.25, -0.2) is 4.98 Å². The molecule has 0 aromatic carbocycles. The van der Waals surface area contributed by atoms with Gasteiger partial charge < -0.3 is 5.32 Å². The minimum atomic E-state index is 0.161. The molecule has 0 fully saturated rings. The first kappa shape index (κ1) is 12.2. The molecular weight excluding hydrogens is 230 g/mol. The van der Waals surface area contributed by atoms with Crippen LogP contribution in [0.25, 0.3) is 0 Å². The Balaban J connectivity index is 2.25. The van der Waals surface area contributed by atoms with Crippen molar-refractivity contribution < 1.29 is 0 Å². The van der Waals surface area contributed by atoms with Gasteiger partial charge in [0, 0.05) is 17.8 Å². The van der Waals surface area contributed by atoms with Gasteiger partial charge in [0.05, 0.1) is 16.7 Å². The van der Waals surface area contributed by atoms with Crippen LogP contribution < -0.4 is 5.32 Å². The van der Waals surface area contributed by atoms with Crippen LogP contribution in [-0.2, 0) is 0 Å². The largest absolute Gasteiger partial charge is 0.305 e. The topological polar surface area (TPSA) is 37.8 Å². The highest BCUT2D eigenvalue weighted by Gasteiger charge is 2.15. The van der Waals surface area contributed by atoms with Crippen molar-refractivity contribution in [3.8, 4) is 0 Å².